The molecular formula is C18H36Cl6N4O6P2. The Bertz CT molecular complexity index is 666. The molecule has 1 aliphatic rings. The van der Waals surface area contributed by atoms with E-state index >= 15 is 0 Å². The van der Waals surface area contributed by atoms with Gasteiger partial charge in [0, 0.05) is 87.4 Å². The van der Waals surface area contributed by atoms with Crippen molar-refractivity contribution in [2.24, 2.45) is 0 Å². The molecule has 18 heteroatoms. The number of aliphatic hydroxyl groups is 1. The highest BCUT2D eigenvalue weighted by Crippen LogP contribution is 2.57. The summed E-state index contributed by atoms with van der Waals surface area (Å²) in [6, 6.07) is 0. The normalized spacial score (nSPS) is 22.3. The van der Waals surface area contributed by atoms with Gasteiger partial charge in [0.05, 0.1) is 13.2 Å². The van der Waals surface area contributed by atoms with E-state index in [0.717, 1.165) is 0 Å². The van der Waals surface area contributed by atoms with Crippen LogP contribution in [0.3, 0.4) is 0 Å². The van der Waals surface area contributed by atoms with Crippen LogP contribution in [0.15, 0.2) is 0 Å². The topological polar surface area (TPSA) is 112 Å². The SMILES string of the molecule is O=CCCOP(=O)(NCCCl)N(CCCl)CCCl.O=P1(N(CCCl)CCCl)OCCC(O)N1CCCl. The fourth-order valence-corrected chi connectivity index (χ4v) is 9.27. The van der Waals surface area contributed by atoms with E-state index in [0.29, 0.717) is 81.4 Å². The third kappa shape index (κ3) is 13.3. The second-order valence-corrected chi connectivity index (χ2v) is 13.8. The van der Waals surface area contributed by atoms with Gasteiger partial charge in [-0.1, -0.05) is 0 Å². The summed E-state index contributed by atoms with van der Waals surface area (Å²) in [4.78, 5) is 10.3. The molecule has 10 nitrogen and oxygen atoms in total. The highest BCUT2D eigenvalue weighted by molar-refractivity contribution is 7.54. The number of aliphatic hydroxyl groups excluding tert-OH is 1. The van der Waals surface area contributed by atoms with E-state index in [2.05, 4.69) is 5.09 Å². The number of alkyl halides is 6. The monoisotopic (exact) mass is 676 g/mol. The van der Waals surface area contributed by atoms with E-state index in [-0.39, 0.29) is 25.5 Å². The summed E-state index contributed by atoms with van der Waals surface area (Å²) in [6.45, 7) is 2.48. The summed E-state index contributed by atoms with van der Waals surface area (Å²) in [5.41, 5.74) is 0. The molecular weight excluding hydrogens is 643 g/mol. The molecule has 1 aliphatic heterocycles. The average molecular weight is 679 g/mol. The van der Waals surface area contributed by atoms with Gasteiger partial charge in [-0.25, -0.2) is 14.4 Å². The first-order valence-electron chi connectivity index (χ1n) is 11.2. The summed E-state index contributed by atoms with van der Waals surface area (Å²) in [5, 5.41) is 12.7. The van der Waals surface area contributed by atoms with Gasteiger partial charge in [0.25, 0.3) is 0 Å². The van der Waals surface area contributed by atoms with Crippen molar-refractivity contribution in [3.05, 3.63) is 0 Å². The highest BCUT2D eigenvalue weighted by atomic mass is 35.5. The Kier molecular flexibility index (Phi) is 23.3. The van der Waals surface area contributed by atoms with Crippen LogP contribution in [-0.4, -0.2) is 119 Å². The zero-order chi connectivity index (χ0) is 27.5. The predicted octanol–water partition coefficient (Wildman–Crippen LogP) is 4.46. The maximum atomic E-state index is 12.9. The van der Waals surface area contributed by atoms with E-state index in [4.69, 9.17) is 78.7 Å². The lowest BCUT2D eigenvalue weighted by molar-refractivity contribution is -0.108. The first-order valence-corrected chi connectivity index (χ1v) is 17.6. The van der Waals surface area contributed by atoms with E-state index in [9.17, 15) is 19.0 Å². The Balaban J connectivity index is 0.000000681. The maximum absolute atomic E-state index is 12.9. The van der Waals surface area contributed by atoms with Gasteiger partial charge in [0.1, 0.15) is 12.5 Å². The first kappa shape index (κ1) is 37.6. The molecule has 36 heavy (non-hydrogen) atoms. The number of aldehydes is 1. The van der Waals surface area contributed by atoms with Gasteiger partial charge in [0.2, 0.25) is 0 Å². The van der Waals surface area contributed by atoms with Crippen LogP contribution in [0, 0.1) is 0 Å². The molecule has 2 N–H and O–H groups in total. The summed E-state index contributed by atoms with van der Waals surface area (Å²) in [6.07, 6.45) is 0.495. The highest BCUT2D eigenvalue weighted by Gasteiger charge is 2.44. The summed E-state index contributed by atoms with van der Waals surface area (Å²) in [7, 11) is -6.51. The lowest BCUT2D eigenvalue weighted by atomic mass is 10.4. The molecule has 0 radical (unpaired) electrons. The lowest BCUT2D eigenvalue weighted by Gasteiger charge is -2.42. The Morgan fingerprint density at radius 3 is 2.08 bits per heavy atom. The standard InChI is InChI=1S/2C9H18Cl3N2O3P/c10-2-5-13(6-3-11)18(16)14(7-4-12)9(15)1-8-17-18;10-2-5-13-18(16,17-9-1-8-15)14(6-3-11)7-4-12/h9,15H,1-8H2;8H,1-7,9H2,(H,13,16). The minimum absolute atomic E-state index is 0.0805. The minimum Gasteiger partial charge on any atom is -0.378 e. The van der Waals surface area contributed by atoms with Crippen molar-refractivity contribution in [3.63, 3.8) is 0 Å². The van der Waals surface area contributed by atoms with Crippen LogP contribution in [-0.2, 0) is 23.0 Å². The van der Waals surface area contributed by atoms with Crippen molar-refractivity contribution in [2.45, 2.75) is 19.1 Å². The van der Waals surface area contributed by atoms with Crippen molar-refractivity contribution in [1.82, 2.24) is 19.1 Å². The molecule has 0 saturated carbocycles. The minimum atomic E-state index is -3.28. The molecule has 1 heterocycles. The summed E-state index contributed by atoms with van der Waals surface area (Å²) < 4.78 is 40.9. The molecule has 0 aromatic rings. The lowest BCUT2D eigenvalue weighted by Crippen LogP contribution is -2.45. The fourth-order valence-electron chi connectivity index (χ4n) is 3.04. The van der Waals surface area contributed by atoms with E-state index in [1.807, 2.05) is 0 Å². The molecule has 3 atom stereocenters. The van der Waals surface area contributed by atoms with Gasteiger partial charge in [-0.15, -0.1) is 69.6 Å². The Hall–Kier alpha value is 1.59. The predicted molar refractivity (Wildman–Crippen MR) is 151 cm³/mol. The maximum Gasteiger partial charge on any atom is 0.348 e. The molecule has 3 unspecified atom stereocenters. The summed E-state index contributed by atoms with van der Waals surface area (Å²) in [5.74, 6) is 1.81. The third-order valence-electron chi connectivity index (χ3n) is 4.63. The van der Waals surface area contributed by atoms with Crippen LogP contribution in [0.1, 0.15) is 12.8 Å². The zero-order valence-electron chi connectivity index (χ0n) is 20.0. The Labute approximate surface area is 244 Å². The molecule has 0 aromatic heterocycles. The number of carbonyl (C=O) groups excluding carboxylic acids is 1. The number of nitrogens with one attached hydrogen (secondary N) is 1. The number of carbonyl (C=O) groups is 1. The van der Waals surface area contributed by atoms with Crippen molar-refractivity contribution in [3.8, 4) is 0 Å². The van der Waals surface area contributed by atoms with Gasteiger partial charge < -0.3 is 18.9 Å². The smallest absolute Gasteiger partial charge is 0.348 e. The number of hydrogen-bond acceptors (Lipinski definition) is 6. The molecule has 1 rings (SSSR count). The quantitative estimate of drug-likeness (QED) is 0.0879. The molecule has 0 bridgehead atoms. The Morgan fingerprint density at radius 1 is 1.03 bits per heavy atom. The molecule has 216 valence electrons. The van der Waals surface area contributed by atoms with E-state index < -0.39 is 21.6 Å². The van der Waals surface area contributed by atoms with Crippen molar-refractivity contribution >= 4 is 91.2 Å². The number of rotatable bonds is 19. The van der Waals surface area contributed by atoms with E-state index in [1.165, 1.54) is 4.67 Å². The second-order valence-electron chi connectivity index (χ2n) is 7.01. The van der Waals surface area contributed by atoms with Crippen LogP contribution >= 0.6 is 84.9 Å². The number of halogens is 6. The van der Waals surface area contributed by atoms with Crippen LogP contribution < -0.4 is 5.09 Å². The van der Waals surface area contributed by atoms with E-state index in [1.54, 1.807) is 9.34 Å². The summed E-state index contributed by atoms with van der Waals surface area (Å²) >= 11 is 34.0. The van der Waals surface area contributed by atoms with Gasteiger partial charge in [-0.05, 0) is 0 Å². The molecule has 0 aliphatic carbocycles. The van der Waals surface area contributed by atoms with Gasteiger partial charge in [-0.2, -0.15) is 4.67 Å². The third-order valence-corrected chi connectivity index (χ3v) is 10.7. The fraction of sp³-hybridized carbons (Fsp3) is 0.944. The molecule has 0 amide bonds. The average Bonchev–Trinajstić information content (AvgIpc) is 2.85. The van der Waals surface area contributed by atoms with Gasteiger partial charge in [-0.3, -0.25) is 9.13 Å². The number of nitrogens with zero attached hydrogens (tertiary/aromatic N) is 3. The largest absolute Gasteiger partial charge is 0.378 e. The van der Waals surface area contributed by atoms with Crippen molar-refractivity contribution in [1.29, 1.82) is 0 Å². The van der Waals surface area contributed by atoms with Crippen molar-refractivity contribution < 1.29 is 28.1 Å². The molecule has 1 fully saturated rings. The Morgan fingerprint density at radius 2 is 1.61 bits per heavy atom. The van der Waals surface area contributed by atoms with Crippen LogP contribution in [0.25, 0.3) is 0 Å². The van der Waals surface area contributed by atoms with Crippen LogP contribution in [0.5, 0.6) is 0 Å². The second kappa shape index (κ2) is 22.3. The molecule has 1 saturated heterocycles. The zero-order valence-corrected chi connectivity index (χ0v) is 26.3. The molecule has 0 spiro atoms. The number of hydrogen-bond donors (Lipinski definition) is 2. The van der Waals surface area contributed by atoms with Crippen LogP contribution in [0.2, 0.25) is 0 Å². The first-order chi connectivity index (χ1) is 17.2. The van der Waals surface area contributed by atoms with Gasteiger partial charge >= 0.3 is 15.3 Å². The van der Waals surface area contributed by atoms with Crippen molar-refractivity contribution in [2.75, 3.05) is 87.8 Å². The van der Waals surface area contributed by atoms with Gasteiger partial charge in [0.15, 0.2) is 0 Å². The van der Waals surface area contributed by atoms with Crippen LogP contribution in [0.4, 0.5) is 0 Å². The molecule has 0 aromatic carbocycles.